The first-order valence-electron chi connectivity index (χ1n) is 8.61. The van der Waals surface area contributed by atoms with Crippen LogP contribution in [-0.4, -0.2) is 31.8 Å². The molecular weight excluding hydrogens is 398 g/mol. The van der Waals surface area contributed by atoms with Gasteiger partial charge in [-0.1, -0.05) is 29.8 Å². The highest BCUT2D eigenvalue weighted by Crippen LogP contribution is 2.23. The van der Waals surface area contributed by atoms with Crippen LogP contribution in [0.4, 0.5) is 0 Å². The van der Waals surface area contributed by atoms with Crippen LogP contribution in [0, 0.1) is 0 Å². The molecule has 0 aliphatic carbocycles. The second-order valence-corrected chi connectivity index (χ2v) is 7.54. The number of hydrogen-bond acceptors (Lipinski definition) is 5. The van der Waals surface area contributed by atoms with Crippen LogP contribution in [0.3, 0.4) is 0 Å². The molecule has 0 saturated heterocycles. The molecule has 3 heterocycles. The van der Waals surface area contributed by atoms with Crippen LogP contribution in [0.5, 0.6) is 0 Å². The molecule has 1 amide bonds. The van der Waals surface area contributed by atoms with Gasteiger partial charge >= 0.3 is 0 Å². The third-order valence-electron chi connectivity index (χ3n) is 4.21. The maximum absolute atomic E-state index is 12.6. The number of carbonyl (C=O) groups is 1. The van der Waals surface area contributed by atoms with Crippen molar-refractivity contribution in [2.45, 2.75) is 13.0 Å². The van der Waals surface area contributed by atoms with Crippen LogP contribution in [0.15, 0.2) is 59.0 Å². The molecule has 0 unspecified atom stereocenters. The highest BCUT2D eigenvalue weighted by Gasteiger charge is 2.12. The van der Waals surface area contributed by atoms with E-state index in [1.165, 1.54) is 10.8 Å². The molecule has 0 saturated carbocycles. The largest absolute Gasteiger partial charge is 0.354 e. The molecule has 0 spiro atoms. The van der Waals surface area contributed by atoms with Crippen LogP contribution in [0.25, 0.3) is 16.1 Å². The van der Waals surface area contributed by atoms with E-state index in [2.05, 4.69) is 15.5 Å². The molecule has 1 aromatic carbocycles. The minimum atomic E-state index is -0.356. The zero-order chi connectivity index (χ0) is 19.5. The lowest BCUT2D eigenvalue weighted by Gasteiger charge is -2.07. The Morgan fingerprint density at radius 2 is 2.04 bits per heavy atom. The molecule has 1 N–H and O–H groups in total. The Morgan fingerprint density at radius 1 is 1.21 bits per heavy atom. The number of nitrogens with one attached hydrogen (secondary N) is 1. The van der Waals surface area contributed by atoms with Gasteiger partial charge in [0.05, 0.1) is 4.88 Å². The Hall–Kier alpha value is -2.97. The Kier molecular flexibility index (Phi) is 5.23. The molecule has 0 aliphatic rings. The number of fused-ring (bicyclic) bond motifs is 1. The minimum Gasteiger partial charge on any atom is -0.354 e. The number of rotatable bonds is 6. The molecule has 7 nitrogen and oxygen atoms in total. The SMILES string of the molecule is O=C(Cn1ncn2nc(-c3cccs3)cc2c1=O)NCCc1ccc(Cl)cc1. The summed E-state index contributed by atoms with van der Waals surface area (Å²) in [5.41, 5.74) is 1.80. The number of halogens is 1. The smallest absolute Gasteiger partial charge is 0.293 e. The number of thiophene rings is 1. The summed E-state index contributed by atoms with van der Waals surface area (Å²) >= 11 is 7.40. The van der Waals surface area contributed by atoms with E-state index in [0.29, 0.717) is 29.2 Å². The van der Waals surface area contributed by atoms with Crippen molar-refractivity contribution in [2.24, 2.45) is 0 Å². The summed E-state index contributed by atoms with van der Waals surface area (Å²) in [6, 6.07) is 13.0. The van der Waals surface area contributed by atoms with E-state index in [4.69, 9.17) is 11.6 Å². The van der Waals surface area contributed by atoms with Crippen LogP contribution in [0.1, 0.15) is 5.56 Å². The number of carbonyl (C=O) groups excluding carboxylic acids is 1. The summed E-state index contributed by atoms with van der Waals surface area (Å²) in [5.74, 6) is -0.272. The Bertz CT molecular complexity index is 1170. The number of hydrogen-bond donors (Lipinski definition) is 1. The van der Waals surface area contributed by atoms with Gasteiger partial charge in [-0.15, -0.1) is 11.3 Å². The average Bonchev–Trinajstić information content (AvgIpc) is 3.35. The fourth-order valence-corrected chi connectivity index (χ4v) is 3.59. The van der Waals surface area contributed by atoms with Crippen LogP contribution >= 0.6 is 22.9 Å². The molecule has 4 aromatic rings. The topological polar surface area (TPSA) is 81.3 Å². The molecule has 142 valence electrons. The summed E-state index contributed by atoms with van der Waals surface area (Å²) in [6.07, 6.45) is 2.12. The quantitative estimate of drug-likeness (QED) is 0.527. The van der Waals surface area contributed by atoms with Crippen molar-refractivity contribution in [1.82, 2.24) is 24.7 Å². The predicted octanol–water partition coefficient (Wildman–Crippen LogP) is 2.63. The van der Waals surface area contributed by atoms with E-state index in [1.54, 1.807) is 17.4 Å². The Morgan fingerprint density at radius 3 is 2.79 bits per heavy atom. The summed E-state index contributed by atoms with van der Waals surface area (Å²) in [4.78, 5) is 25.8. The molecule has 9 heteroatoms. The standard InChI is InChI=1S/C19H16ClN5O2S/c20-14-5-3-13(4-6-14)7-8-21-18(26)11-24-19(27)16-10-15(17-2-1-9-28-17)23-25(16)12-22-24/h1-6,9-10,12H,7-8,11H2,(H,21,26). The summed E-state index contributed by atoms with van der Waals surface area (Å²) in [7, 11) is 0. The molecule has 0 atom stereocenters. The van der Waals surface area contributed by atoms with Gasteiger partial charge in [-0.05, 0) is 41.6 Å². The lowest BCUT2D eigenvalue weighted by atomic mass is 10.1. The zero-order valence-electron chi connectivity index (χ0n) is 14.7. The highest BCUT2D eigenvalue weighted by molar-refractivity contribution is 7.13. The highest BCUT2D eigenvalue weighted by atomic mass is 35.5. The second-order valence-electron chi connectivity index (χ2n) is 6.16. The molecular formula is C19H16ClN5O2S. The van der Waals surface area contributed by atoms with Crippen molar-refractivity contribution in [3.05, 3.63) is 75.1 Å². The van der Waals surface area contributed by atoms with E-state index in [9.17, 15) is 9.59 Å². The van der Waals surface area contributed by atoms with Crippen molar-refractivity contribution in [3.63, 3.8) is 0 Å². The maximum atomic E-state index is 12.6. The van der Waals surface area contributed by atoms with Gasteiger partial charge in [-0.25, -0.2) is 9.20 Å². The zero-order valence-corrected chi connectivity index (χ0v) is 16.3. The van der Waals surface area contributed by atoms with Gasteiger partial charge in [0, 0.05) is 11.6 Å². The first-order valence-corrected chi connectivity index (χ1v) is 9.86. The summed E-state index contributed by atoms with van der Waals surface area (Å²) in [6.45, 7) is 0.322. The molecule has 3 aromatic heterocycles. The average molecular weight is 414 g/mol. The monoisotopic (exact) mass is 413 g/mol. The number of amides is 1. The first-order chi connectivity index (χ1) is 13.6. The van der Waals surface area contributed by atoms with E-state index < -0.39 is 0 Å². The van der Waals surface area contributed by atoms with Gasteiger partial charge < -0.3 is 5.32 Å². The van der Waals surface area contributed by atoms with Gasteiger partial charge in [0.2, 0.25) is 5.91 Å². The number of aromatic nitrogens is 4. The van der Waals surface area contributed by atoms with Crippen molar-refractivity contribution in [1.29, 1.82) is 0 Å². The van der Waals surface area contributed by atoms with E-state index in [1.807, 2.05) is 41.8 Å². The third-order valence-corrected chi connectivity index (χ3v) is 5.35. The molecule has 0 radical (unpaired) electrons. The van der Waals surface area contributed by atoms with Crippen LogP contribution in [-0.2, 0) is 17.8 Å². The number of nitrogens with zero attached hydrogens (tertiary/aromatic N) is 4. The summed E-state index contributed by atoms with van der Waals surface area (Å²) in [5, 5.41) is 13.8. The van der Waals surface area contributed by atoms with Crippen molar-refractivity contribution in [3.8, 4) is 10.6 Å². The molecule has 4 rings (SSSR count). The lowest BCUT2D eigenvalue weighted by molar-refractivity contribution is -0.121. The lowest BCUT2D eigenvalue weighted by Crippen LogP contribution is -2.35. The van der Waals surface area contributed by atoms with E-state index in [0.717, 1.165) is 15.1 Å². The van der Waals surface area contributed by atoms with E-state index in [-0.39, 0.29) is 18.0 Å². The first kappa shape index (κ1) is 18.4. The molecule has 0 aliphatic heterocycles. The minimum absolute atomic E-state index is 0.143. The van der Waals surface area contributed by atoms with Crippen LogP contribution < -0.4 is 10.9 Å². The van der Waals surface area contributed by atoms with Crippen molar-refractivity contribution in [2.75, 3.05) is 6.54 Å². The van der Waals surface area contributed by atoms with Gasteiger partial charge in [-0.2, -0.15) is 10.2 Å². The molecule has 0 fully saturated rings. The Balaban J connectivity index is 1.42. The van der Waals surface area contributed by atoms with Crippen LogP contribution in [0.2, 0.25) is 5.02 Å². The second kappa shape index (κ2) is 7.95. The van der Waals surface area contributed by atoms with Gasteiger partial charge in [0.25, 0.3) is 5.56 Å². The third kappa shape index (κ3) is 3.97. The fraction of sp³-hybridized carbons (Fsp3) is 0.158. The maximum Gasteiger partial charge on any atom is 0.293 e. The molecule has 0 bridgehead atoms. The van der Waals surface area contributed by atoms with E-state index >= 15 is 0 Å². The molecule has 28 heavy (non-hydrogen) atoms. The van der Waals surface area contributed by atoms with Gasteiger partial charge in [0.1, 0.15) is 24.1 Å². The fourth-order valence-electron chi connectivity index (χ4n) is 2.78. The summed E-state index contributed by atoms with van der Waals surface area (Å²) < 4.78 is 2.58. The van der Waals surface area contributed by atoms with Crippen molar-refractivity contribution >= 4 is 34.4 Å². The van der Waals surface area contributed by atoms with Gasteiger partial charge in [0.15, 0.2) is 0 Å². The van der Waals surface area contributed by atoms with Crippen molar-refractivity contribution < 1.29 is 4.79 Å². The predicted molar refractivity (Wildman–Crippen MR) is 109 cm³/mol. The number of benzene rings is 1. The van der Waals surface area contributed by atoms with Gasteiger partial charge in [-0.3, -0.25) is 9.59 Å². The Labute approximate surface area is 169 Å². The normalized spacial score (nSPS) is 11.0.